The summed E-state index contributed by atoms with van der Waals surface area (Å²) < 4.78 is 5.27. The van der Waals surface area contributed by atoms with Crippen molar-refractivity contribution in [3.05, 3.63) is 29.3 Å². The molecule has 0 saturated carbocycles. The van der Waals surface area contributed by atoms with Crippen molar-refractivity contribution in [3.63, 3.8) is 0 Å². The molecule has 0 aromatic heterocycles. The Bertz CT molecular complexity index is 433. The van der Waals surface area contributed by atoms with E-state index >= 15 is 0 Å². The van der Waals surface area contributed by atoms with Crippen LogP contribution in [0.1, 0.15) is 19.8 Å². The molecule has 22 heavy (non-hydrogen) atoms. The van der Waals surface area contributed by atoms with Gasteiger partial charge in [-0.05, 0) is 51.1 Å². The Morgan fingerprint density at radius 2 is 1.95 bits per heavy atom. The summed E-state index contributed by atoms with van der Waals surface area (Å²) in [5, 5.41) is 10.7. The Balaban J connectivity index is 1.77. The fourth-order valence-corrected chi connectivity index (χ4v) is 3.13. The van der Waals surface area contributed by atoms with E-state index in [2.05, 4.69) is 29.0 Å². The molecule has 0 aliphatic carbocycles. The van der Waals surface area contributed by atoms with Crippen LogP contribution < -0.4 is 4.90 Å². The SMILES string of the molecule is CCOCC(O)CN(C)C1CCN(c2ccc(Cl)cc2)CC1. The summed E-state index contributed by atoms with van der Waals surface area (Å²) in [6, 6.07) is 8.58. The first-order chi connectivity index (χ1) is 10.6. The molecule has 1 N–H and O–H groups in total. The van der Waals surface area contributed by atoms with Gasteiger partial charge in [-0.2, -0.15) is 0 Å². The van der Waals surface area contributed by atoms with E-state index in [0.29, 0.717) is 25.8 Å². The number of nitrogens with zero attached hydrogens (tertiary/aromatic N) is 2. The number of hydrogen-bond acceptors (Lipinski definition) is 4. The van der Waals surface area contributed by atoms with Gasteiger partial charge in [0.25, 0.3) is 0 Å². The smallest absolute Gasteiger partial charge is 0.0900 e. The normalized spacial score (nSPS) is 18.0. The number of hydrogen-bond donors (Lipinski definition) is 1. The second-order valence-corrected chi connectivity index (χ2v) is 6.38. The molecule has 1 aliphatic heterocycles. The molecular formula is C17H27ClN2O2. The second-order valence-electron chi connectivity index (χ2n) is 5.95. The van der Waals surface area contributed by atoms with Crippen LogP contribution in [0.3, 0.4) is 0 Å². The van der Waals surface area contributed by atoms with E-state index in [0.717, 1.165) is 31.0 Å². The standard InChI is InChI=1S/C17H27ClN2O2/c1-3-22-13-17(21)12-19(2)15-8-10-20(11-9-15)16-6-4-14(18)5-7-16/h4-7,15,17,21H,3,8-13H2,1-2H3. The molecule has 1 fully saturated rings. The van der Waals surface area contributed by atoms with Gasteiger partial charge in [-0.3, -0.25) is 0 Å². The van der Waals surface area contributed by atoms with Gasteiger partial charge in [0.1, 0.15) is 0 Å². The zero-order valence-corrected chi connectivity index (χ0v) is 14.3. The van der Waals surface area contributed by atoms with Gasteiger partial charge in [0.15, 0.2) is 0 Å². The van der Waals surface area contributed by atoms with Crippen LogP contribution in [0.5, 0.6) is 0 Å². The lowest BCUT2D eigenvalue weighted by Crippen LogP contribution is -2.46. The van der Waals surface area contributed by atoms with E-state index in [1.165, 1.54) is 5.69 Å². The highest BCUT2D eigenvalue weighted by atomic mass is 35.5. The summed E-state index contributed by atoms with van der Waals surface area (Å²) in [6.45, 7) is 5.77. The first-order valence-corrected chi connectivity index (χ1v) is 8.44. The van der Waals surface area contributed by atoms with E-state index < -0.39 is 6.10 Å². The van der Waals surface area contributed by atoms with Gasteiger partial charge in [0.05, 0.1) is 12.7 Å². The van der Waals surface area contributed by atoms with E-state index in [9.17, 15) is 5.11 Å². The Morgan fingerprint density at radius 3 is 2.55 bits per heavy atom. The van der Waals surface area contributed by atoms with Gasteiger partial charge in [-0.25, -0.2) is 0 Å². The van der Waals surface area contributed by atoms with Crippen LogP contribution in [0.15, 0.2) is 24.3 Å². The van der Waals surface area contributed by atoms with E-state index in [4.69, 9.17) is 16.3 Å². The summed E-state index contributed by atoms with van der Waals surface area (Å²) >= 11 is 5.94. The molecule has 0 spiro atoms. The molecule has 1 aliphatic rings. The van der Waals surface area contributed by atoms with E-state index in [1.807, 2.05) is 19.1 Å². The Hall–Kier alpha value is -0.810. The van der Waals surface area contributed by atoms with Gasteiger partial charge >= 0.3 is 0 Å². The molecule has 1 heterocycles. The van der Waals surface area contributed by atoms with Crippen molar-refractivity contribution < 1.29 is 9.84 Å². The van der Waals surface area contributed by atoms with Crippen LogP contribution in [0.25, 0.3) is 0 Å². The fourth-order valence-electron chi connectivity index (χ4n) is 3.00. The van der Waals surface area contributed by atoms with Crippen LogP contribution in [0, 0.1) is 0 Å². The van der Waals surface area contributed by atoms with Crippen LogP contribution >= 0.6 is 11.6 Å². The van der Waals surface area contributed by atoms with Gasteiger partial charge < -0.3 is 19.6 Å². The first kappa shape index (κ1) is 17.5. The molecule has 1 aromatic rings. The van der Waals surface area contributed by atoms with Crippen LogP contribution in [-0.4, -0.2) is 62.0 Å². The lowest BCUT2D eigenvalue weighted by atomic mass is 10.0. The van der Waals surface area contributed by atoms with Crippen LogP contribution in [-0.2, 0) is 4.74 Å². The molecule has 1 aromatic carbocycles. The van der Waals surface area contributed by atoms with Gasteiger partial charge in [0, 0.05) is 43.0 Å². The number of benzene rings is 1. The van der Waals surface area contributed by atoms with Crippen molar-refractivity contribution in [1.82, 2.24) is 4.90 Å². The molecule has 0 radical (unpaired) electrons. The first-order valence-electron chi connectivity index (χ1n) is 8.06. The molecule has 0 amide bonds. The number of rotatable bonds is 7. The van der Waals surface area contributed by atoms with Crippen molar-refractivity contribution in [2.45, 2.75) is 31.9 Å². The molecule has 1 unspecified atom stereocenters. The van der Waals surface area contributed by atoms with Crippen LogP contribution in [0.2, 0.25) is 5.02 Å². The van der Waals surface area contributed by atoms with Crippen molar-refractivity contribution in [2.24, 2.45) is 0 Å². The lowest BCUT2D eigenvalue weighted by molar-refractivity contribution is 0.0163. The zero-order chi connectivity index (χ0) is 15.9. The zero-order valence-electron chi connectivity index (χ0n) is 13.5. The number of likely N-dealkylation sites (N-methyl/N-ethyl adjacent to an activating group) is 1. The Labute approximate surface area is 138 Å². The summed E-state index contributed by atoms with van der Waals surface area (Å²) in [5.74, 6) is 0. The number of aliphatic hydroxyl groups excluding tert-OH is 1. The predicted octanol–water partition coefficient (Wildman–Crippen LogP) is 2.64. The minimum absolute atomic E-state index is 0.403. The third kappa shape index (κ3) is 5.13. The highest BCUT2D eigenvalue weighted by Gasteiger charge is 2.23. The summed E-state index contributed by atoms with van der Waals surface area (Å²) in [5.41, 5.74) is 1.24. The summed E-state index contributed by atoms with van der Waals surface area (Å²) in [4.78, 5) is 4.67. The maximum Gasteiger partial charge on any atom is 0.0900 e. The number of ether oxygens (including phenoxy) is 1. The molecule has 5 heteroatoms. The lowest BCUT2D eigenvalue weighted by Gasteiger charge is -2.38. The molecule has 2 rings (SSSR count). The summed E-state index contributed by atoms with van der Waals surface area (Å²) in [6.07, 6.45) is 1.82. The van der Waals surface area contributed by atoms with Crippen LogP contribution in [0.4, 0.5) is 5.69 Å². The van der Waals surface area contributed by atoms with Crippen molar-refractivity contribution in [3.8, 4) is 0 Å². The third-order valence-corrected chi connectivity index (χ3v) is 4.54. The van der Waals surface area contributed by atoms with Crippen molar-refractivity contribution >= 4 is 17.3 Å². The van der Waals surface area contributed by atoms with E-state index in [-0.39, 0.29) is 0 Å². The van der Waals surface area contributed by atoms with Crippen molar-refractivity contribution in [1.29, 1.82) is 0 Å². The van der Waals surface area contributed by atoms with Crippen molar-refractivity contribution in [2.75, 3.05) is 44.8 Å². The Morgan fingerprint density at radius 1 is 1.32 bits per heavy atom. The Kier molecular flexibility index (Phi) is 6.96. The molecule has 124 valence electrons. The third-order valence-electron chi connectivity index (χ3n) is 4.29. The average Bonchev–Trinajstić information content (AvgIpc) is 2.54. The maximum absolute atomic E-state index is 9.95. The number of piperidine rings is 1. The maximum atomic E-state index is 9.95. The number of halogens is 1. The minimum atomic E-state index is -0.403. The predicted molar refractivity (Wildman–Crippen MR) is 91.8 cm³/mol. The minimum Gasteiger partial charge on any atom is -0.389 e. The number of aliphatic hydroxyl groups is 1. The largest absolute Gasteiger partial charge is 0.389 e. The van der Waals surface area contributed by atoms with Gasteiger partial charge in [0.2, 0.25) is 0 Å². The summed E-state index contributed by atoms with van der Waals surface area (Å²) in [7, 11) is 2.10. The average molecular weight is 327 g/mol. The van der Waals surface area contributed by atoms with E-state index in [1.54, 1.807) is 0 Å². The van der Waals surface area contributed by atoms with Gasteiger partial charge in [-0.15, -0.1) is 0 Å². The fraction of sp³-hybridized carbons (Fsp3) is 0.647. The highest BCUT2D eigenvalue weighted by molar-refractivity contribution is 6.30. The monoisotopic (exact) mass is 326 g/mol. The van der Waals surface area contributed by atoms with Gasteiger partial charge in [-0.1, -0.05) is 11.6 Å². The molecule has 0 bridgehead atoms. The second kappa shape index (κ2) is 8.73. The molecule has 1 saturated heterocycles. The topological polar surface area (TPSA) is 35.9 Å². The molecule has 1 atom stereocenters. The molecule has 4 nitrogen and oxygen atoms in total. The number of anilines is 1. The quantitative estimate of drug-likeness (QED) is 0.835. The highest BCUT2D eigenvalue weighted by Crippen LogP contribution is 2.23. The molecular weight excluding hydrogens is 300 g/mol.